The maximum Gasteiger partial charge on any atom is 0.227 e. The summed E-state index contributed by atoms with van der Waals surface area (Å²) in [5, 5.41) is 11.1. The predicted molar refractivity (Wildman–Crippen MR) is 109 cm³/mol. The second kappa shape index (κ2) is 7.83. The van der Waals surface area contributed by atoms with Crippen LogP contribution in [0.1, 0.15) is 28.7 Å². The first-order valence-electron chi connectivity index (χ1n) is 9.59. The van der Waals surface area contributed by atoms with E-state index in [0.29, 0.717) is 25.9 Å². The molecule has 0 unspecified atom stereocenters. The molecule has 0 radical (unpaired) electrons. The van der Waals surface area contributed by atoms with Crippen LogP contribution < -0.4 is 0 Å². The molecule has 0 bridgehead atoms. The molecule has 0 aromatic heterocycles. The Morgan fingerprint density at radius 3 is 2.52 bits per heavy atom. The van der Waals surface area contributed by atoms with Crippen molar-refractivity contribution >= 4 is 5.91 Å². The van der Waals surface area contributed by atoms with Crippen LogP contribution in [-0.4, -0.2) is 54.1 Å². The van der Waals surface area contributed by atoms with Gasteiger partial charge in [0.05, 0.1) is 18.1 Å². The summed E-state index contributed by atoms with van der Waals surface area (Å²) in [6, 6.07) is 16.3. The van der Waals surface area contributed by atoms with Crippen molar-refractivity contribution in [2.24, 2.45) is 0 Å². The van der Waals surface area contributed by atoms with Gasteiger partial charge in [0, 0.05) is 13.1 Å². The lowest BCUT2D eigenvalue weighted by molar-refractivity contribution is -0.140. The number of benzene rings is 2. The predicted octanol–water partition coefficient (Wildman–Crippen LogP) is 2.90. The second-order valence-electron chi connectivity index (χ2n) is 7.90. The van der Waals surface area contributed by atoms with Crippen LogP contribution in [0.15, 0.2) is 48.5 Å². The van der Waals surface area contributed by atoms with Gasteiger partial charge in [-0.3, -0.25) is 9.69 Å². The molecule has 3 rings (SSSR count). The molecule has 0 aliphatic carbocycles. The molecule has 27 heavy (non-hydrogen) atoms. The molecule has 144 valence electrons. The van der Waals surface area contributed by atoms with Crippen LogP contribution in [-0.2, 0) is 16.8 Å². The van der Waals surface area contributed by atoms with E-state index in [9.17, 15) is 9.90 Å². The number of nitrogens with zero attached hydrogens (tertiary/aromatic N) is 2. The van der Waals surface area contributed by atoms with Crippen molar-refractivity contribution in [2.75, 3.05) is 27.2 Å². The summed E-state index contributed by atoms with van der Waals surface area (Å²) in [7, 11) is 4.01. The number of β-amino-alcohol motifs (C(OH)–C–C–N with tert-alkyl or cyclic N) is 1. The normalized spacial score (nSPS) is 22.9. The molecule has 2 aromatic carbocycles. The summed E-state index contributed by atoms with van der Waals surface area (Å²) in [5.41, 5.74) is 4.01. The highest BCUT2D eigenvalue weighted by atomic mass is 16.3. The van der Waals surface area contributed by atoms with Crippen LogP contribution in [0.5, 0.6) is 0 Å². The first kappa shape index (κ1) is 19.6. The largest absolute Gasteiger partial charge is 0.389 e. The minimum atomic E-state index is -0.633. The molecule has 0 spiro atoms. The molecule has 1 amide bonds. The van der Waals surface area contributed by atoms with Crippen molar-refractivity contribution in [3.8, 4) is 0 Å². The molecule has 1 N–H and O–H groups in total. The first-order chi connectivity index (χ1) is 12.8. The number of aliphatic hydroxyl groups excluding tert-OH is 1. The fourth-order valence-corrected chi connectivity index (χ4v) is 4.26. The van der Waals surface area contributed by atoms with Crippen molar-refractivity contribution in [1.29, 1.82) is 0 Å². The van der Waals surface area contributed by atoms with Gasteiger partial charge >= 0.3 is 0 Å². The molecular weight excluding hydrogens is 336 g/mol. The number of piperidine rings is 1. The standard InChI is InChI=1S/C23H30N2O2/c1-17-10-11-18(2)19(14-17)15-22(27)25-13-12-23(24(3)4,21(26)16-25)20-8-6-5-7-9-20/h5-11,14,21,26H,12-13,15-16H2,1-4H3/t21-,23+/m1/s1. The third kappa shape index (κ3) is 3.78. The molecule has 0 saturated carbocycles. The van der Waals surface area contributed by atoms with Crippen LogP contribution >= 0.6 is 0 Å². The zero-order valence-electron chi connectivity index (χ0n) is 16.8. The number of carbonyl (C=O) groups excluding carboxylic acids is 1. The SMILES string of the molecule is Cc1ccc(C)c(CC(=O)N2CC[C@@](c3ccccc3)(N(C)C)[C@H](O)C2)c1. The lowest BCUT2D eigenvalue weighted by Gasteiger charge is -2.50. The number of hydrogen-bond donors (Lipinski definition) is 1. The number of aliphatic hydroxyl groups is 1. The quantitative estimate of drug-likeness (QED) is 0.905. The summed E-state index contributed by atoms with van der Waals surface area (Å²) in [6.07, 6.45) is 0.468. The molecular formula is C23H30N2O2. The van der Waals surface area contributed by atoms with Crippen LogP contribution in [0.4, 0.5) is 0 Å². The summed E-state index contributed by atoms with van der Waals surface area (Å²) >= 11 is 0. The number of carbonyl (C=O) groups is 1. The average Bonchev–Trinajstić information content (AvgIpc) is 2.65. The number of likely N-dealkylation sites (N-methyl/N-ethyl adjacent to an activating group) is 1. The second-order valence-corrected chi connectivity index (χ2v) is 7.90. The number of amides is 1. The number of hydrogen-bond acceptors (Lipinski definition) is 3. The fraction of sp³-hybridized carbons (Fsp3) is 0.435. The van der Waals surface area contributed by atoms with E-state index in [-0.39, 0.29) is 5.91 Å². The van der Waals surface area contributed by atoms with Crippen molar-refractivity contribution in [1.82, 2.24) is 9.80 Å². The molecule has 1 aliphatic heterocycles. The minimum absolute atomic E-state index is 0.0863. The van der Waals surface area contributed by atoms with Crippen molar-refractivity contribution in [3.05, 3.63) is 70.8 Å². The highest BCUT2D eigenvalue weighted by Crippen LogP contribution is 2.37. The number of likely N-dealkylation sites (tertiary alicyclic amines) is 1. The van der Waals surface area contributed by atoms with Crippen LogP contribution in [0.3, 0.4) is 0 Å². The van der Waals surface area contributed by atoms with Gasteiger partial charge < -0.3 is 10.0 Å². The summed E-state index contributed by atoms with van der Waals surface area (Å²) < 4.78 is 0. The van der Waals surface area contributed by atoms with E-state index in [1.165, 1.54) is 0 Å². The summed E-state index contributed by atoms with van der Waals surface area (Å²) in [6.45, 7) is 5.09. The Kier molecular flexibility index (Phi) is 5.68. The van der Waals surface area contributed by atoms with Gasteiger partial charge in [0.15, 0.2) is 0 Å². The topological polar surface area (TPSA) is 43.8 Å². The molecule has 1 heterocycles. The third-order valence-electron chi connectivity index (χ3n) is 5.98. The number of rotatable bonds is 4. The van der Waals surface area contributed by atoms with E-state index < -0.39 is 11.6 Å². The minimum Gasteiger partial charge on any atom is -0.389 e. The zero-order valence-corrected chi connectivity index (χ0v) is 16.8. The summed E-state index contributed by atoms with van der Waals surface area (Å²) in [4.78, 5) is 16.8. The Labute approximate surface area is 162 Å². The maximum atomic E-state index is 12.9. The fourth-order valence-electron chi connectivity index (χ4n) is 4.26. The Morgan fingerprint density at radius 2 is 1.89 bits per heavy atom. The number of aryl methyl sites for hydroxylation is 2. The molecule has 1 fully saturated rings. The summed E-state index contributed by atoms with van der Waals surface area (Å²) in [5.74, 6) is 0.0863. The smallest absolute Gasteiger partial charge is 0.227 e. The lowest BCUT2D eigenvalue weighted by atomic mass is 9.77. The Balaban J connectivity index is 1.77. The van der Waals surface area contributed by atoms with E-state index >= 15 is 0 Å². The first-order valence-corrected chi connectivity index (χ1v) is 9.59. The van der Waals surface area contributed by atoms with E-state index in [1.807, 2.05) is 51.0 Å². The van der Waals surface area contributed by atoms with Gasteiger partial charge in [-0.2, -0.15) is 0 Å². The molecule has 4 heteroatoms. The van der Waals surface area contributed by atoms with Gasteiger partial charge in [-0.1, -0.05) is 54.1 Å². The van der Waals surface area contributed by atoms with Crippen molar-refractivity contribution in [3.63, 3.8) is 0 Å². The van der Waals surface area contributed by atoms with E-state index in [2.05, 4.69) is 35.2 Å². The van der Waals surface area contributed by atoms with E-state index in [4.69, 9.17) is 0 Å². The van der Waals surface area contributed by atoms with Crippen LogP contribution in [0.25, 0.3) is 0 Å². The van der Waals surface area contributed by atoms with Gasteiger partial charge in [-0.25, -0.2) is 0 Å². The Bertz CT molecular complexity index is 803. The molecule has 1 aliphatic rings. The highest BCUT2D eigenvalue weighted by molar-refractivity contribution is 5.79. The maximum absolute atomic E-state index is 12.9. The highest BCUT2D eigenvalue weighted by Gasteiger charge is 2.46. The van der Waals surface area contributed by atoms with E-state index in [0.717, 1.165) is 22.3 Å². The average molecular weight is 367 g/mol. The molecule has 1 saturated heterocycles. The van der Waals surface area contributed by atoms with Crippen molar-refractivity contribution in [2.45, 2.75) is 38.3 Å². The van der Waals surface area contributed by atoms with Gasteiger partial charge in [0.1, 0.15) is 0 Å². The van der Waals surface area contributed by atoms with E-state index in [1.54, 1.807) is 0 Å². The third-order valence-corrected chi connectivity index (χ3v) is 5.98. The molecule has 2 aromatic rings. The van der Waals surface area contributed by atoms with Crippen LogP contribution in [0, 0.1) is 13.8 Å². The van der Waals surface area contributed by atoms with Crippen molar-refractivity contribution < 1.29 is 9.90 Å². The molecule has 2 atom stereocenters. The molecule has 4 nitrogen and oxygen atoms in total. The van der Waals surface area contributed by atoms with Gasteiger partial charge in [-0.15, -0.1) is 0 Å². The van der Waals surface area contributed by atoms with Gasteiger partial charge in [0.25, 0.3) is 0 Å². The van der Waals surface area contributed by atoms with Crippen LogP contribution in [0.2, 0.25) is 0 Å². The Morgan fingerprint density at radius 1 is 1.19 bits per heavy atom. The monoisotopic (exact) mass is 366 g/mol. The Hall–Kier alpha value is -2.17. The lowest BCUT2D eigenvalue weighted by Crippen LogP contribution is -2.61. The van der Waals surface area contributed by atoms with Gasteiger partial charge in [-0.05, 0) is 51.1 Å². The van der Waals surface area contributed by atoms with Gasteiger partial charge in [0.2, 0.25) is 5.91 Å². The zero-order chi connectivity index (χ0) is 19.6.